The van der Waals surface area contributed by atoms with Crippen molar-refractivity contribution in [3.63, 3.8) is 0 Å². The van der Waals surface area contributed by atoms with Crippen LogP contribution >= 0.6 is 0 Å². The Morgan fingerprint density at radius 1 is 1.11 bits per heavy atom. The van der Waals surface area contributed by atoms with Crippen LogP contribution < -0.4 is 5.32 Å². The number of rotatable bonds is 3. The monoisotopic (exact) mass is 470 g/mol. The average Bonchev–Trinajstić information content (AvgIpc) is 2.85. The minimum atomic E-state index is -0.462. The maximum Gasteiger partial charge on any atom is 0.322 e. The molecule has 8 heteroatoms. The van der Waals surface area contributed by atoms with E-state index in [-0.39, 0.29) is 37.1 Å². The molecule has 7 nitrogen and oxygen atoms in total. The molecular formula is C27H23FN4O3. The first-order valence-electron chi connectivity index (χ1n) is 11.3. The molecule has 3 atom stereocenters. The summed E-state index contributed by atoms with van der Waals surface area (Å²) >= 11 is 0. The molecule has 2 saturated heterocycles. The third-order valence-electron chi connectivity index (χ3n) is 6.42. The van der Waals surface area contributed by atoms with E-state index in [0.717, 1.165) is 16.7 Å². The van der Waals surface area contributed by atoms with Gasteiger partial charge in [-0.05, 0) is 48.0 Å². The lowest BCUT2D eigenvalue weighted by atomic mass is 9.73. The number of pyridine rings is 1. The molecule has 5 rings (SSSR count). The highest BCUT2D eigenvalue weighted by atomic mass is 19.1. The molecule has 2 fully saturated rings. The number of fused-ring (bicyclic) bond motifs is 1. The molecular weight excluding hydrogens is 447 g/mol. The first-order valence-corrected chi connectivity index (χ1v) is 11.3. The Kier molecular flexibility index (Phi) is 6.17. The van der Waals surface area contributed by atoms with Gasteiger partial charge in [0.25, 0.3) is 0 Å². The van der Waals surface area contributed by atoms with Crippen LogP contribution in [0.15, 0.2) is 73.1 Å². The zero-order valence-corrected chi connectivity index (χ0v) is 18.8. The number of urea groups is 1. The van der Waals surface area contributed by atoms with E-state index in [1.54, 1.807) is 23.4 Å². The van der Waals surface area contributed by atoms with Crippen LogP contribution in [0.4, 0.5) is 14.9 Å². The van der Waals surface area contributed by atoms with Crippen LogP contribution in [0.1, 0.15) is 22.6 Å². The SMILES string of the molecule is O=C(Nc1cccc(F)c1)N1CC(=O)N2[C@H](C1)[C@@H](c1ccc(C#Cc3cccnc3)cc1)[C@@H]2CO. The first kappa shape index (κ1) is 22.6. The van der Waals surface area contributed by atoms with Crippen molar-refractivity contribution in [1.82, 2.24) is 14.8 Å². The van der Waals surface area contributed by atoms with Crippen molar-refractivity contribution in [2.24, 2.45) is 0 Å². The molecule has 3 amide bonds. The first-order chi connectivity index (χ1) is 17.0. The lowest BCUT2D eigenvalue weighted by Gasteiger charge is -2.58. The summed E-state index contributed by atoms with van der Waals surface area (Å²) in [5, 5.41) is 12.6. The average molecular weight is 471 g/mol. The number of hydrogen-bond donors (Lipinski definition) is 2. The van der Waals surface area contributed by atoms with Gasteiger partial charge < -0.3 is 20.2 Å². The van der Waals surface area contributed by atoms with E-state index in [9.17, 15) is 19.1 Å². The van der Waals surface area contributed by atoms with E-state index >= 15 is 0 Å². The number of aliphatic hydroxyl groups is 1. The fourth-order valence-electron chi connectivity index (χ4n) is 4.79. The molecule has 3 heterocycles. The van der Waals surface area contributed by atoms with E-state index < -0.39 is 11.8 Å². The highest BCUT2D eigenvalue weighted by Gasteiger charge is 2.54. The molecule has 35 heavy (non-hydrogen) atoms. The van der Waals surface area contributed by atoms with E-state index in [1.807, 2.05) is 36.4 Å². The number of carbonyl (C=O) groups excluding carboxylic acids is 2. The van der Waals surface area contributed by atoms with E-state index in [0.29, 0.717) is 12.2 Å². The van der Waals surface area contributed by atoms with Crippen LogP contribution in [0.25, 0.3) is 0 Å². The Bertz CT molecular complexity index is 1300. The van der Waals surface area contributed by atoms with Crippen LogP contribution in [0, 0.1) is 17.7 Å². The molecule has 176 valence electrons. The molecule has 0 aliphatic carbocycles. The second kappa shape index (κ2) is 9.57. The number of nitrogens with one attached hydrogen (secondary N) is 1. The summed E-state index contributed by atoms with van der Waals surface area (Å²) < 4.78 is 13.5. The number of aliphatic hydroxyl groups excluding tert-OH is 1. The number of piperazine rings is 1. The number of carbonyl (C=O) groups is 2. The number of amides is 3. The van der Waals surface area contributed by atoms with E-state index in [2.05, 4.69) is 22.1 Å². The molecule has 0 radical (unpaired) electrons. The minimum absolute atomic E-state index is 0.0935. The van der Waals surface area contributed by atoms with Crippen LogP contribution in [-0.2, 0) is 4.79 Å². The van der Waals surface area contributed by atoms with Gasteiger partial charge in [-0.3, -0.25) is 9.78 Å². The fourth-order valence-corrected chi connectivity index (χ4v) is 4.79. The van der Waals surface area contributed by atoms with Crippen LogP contribution in [0.3, 0.4) is 0 Å². The van der Waals surface area contributed by atoms with Crippen molar-refractivity contribution >= 4 is 17.6 Å². The summed E-state index contributed by atoms with van der Waals surface area (Å²) in [5.41, 5.74) is 2.96. The smallest absolute Gasteiger partial charge is 0.322 e. The highest BCUT2D eigenvalue weighted by Crippen LogP contribution is 2.43. The zero-order chi connectivity index (χ0) is 24.4. The maximum atomic E-state index is 13.5. The fraction of sp³-hybridized carbons (Fsp3) is 0.222. The largest absolute Gasteiger partial charge is 0.394 e. The third-order valence-corrected chi connectivity index (χ3v) is 6.42. The van der Waals surface area contributed by atoms with Gasteiger partial charge in [-0.1, -0.05) is 30.0 Å². The van der Waals surface area contributed by atoms with Gasteiger partial charge in [0, 0.05) is 41.7 Å². The van der Waals surface area contributed by atoms with Crippen molar-refractivity contribution in [1.29, 1.82) is 0 Å². The number of benzene rings is 2. The van der Waals surface area contributed by atoms with Crippen molar-refractivity contribution in [3.8, 4) is 11.8 Å². The Labute approximate surface area is 202 Å². The van der Waals surface area contributed by atoms with E-state index in [4.69, 9.17) is 0 Å². The van der Waals surface area contributed by atoms with Crippen LogP contribution in [0.5, 0.6) is 0 Å². The molecule has 2 aliphatic rings. The molecule has 1 aromatic heterocycles. The predicted octanol–water partition coefficient (Wildman–Crippen LogP) is 2.82. The topological polar surface area (TPSA) is 85.8 Å². The number of halogens is 1. The van der Waals surface area contributed by atoms with Crippen molar-refractivity contribution in [2.45, 2.75) is 18.0 Å². The van der Waals surface area contributed by atoms with Gasteiger partial charge in [0.2, 0.25) is 5.91 Å². The second-order valence-electron chi connectivity index (χ2n) is 8.58. The summed E-state index contributed by atoms with van der Waals surface area (Å²) in [4.78, 5) is 32.7. The number of anilines is 1. The maximum absolute atomic E-state index is 13.5. The normalized spacial score (nSPS) is 20.9. The lowest BCUT2D eigenvalue weighted by molar-refractivity contribution is -0.159. The number of aromatic nitrogens is 1. The quantitative estimate of drug-likeness (QED) is 0.577. The molecule has 0 bridgehead atoms. The molecule has 2 aromatic carbocycles. The van der Waals surface area contributed by atoms with Crippen molar-refractivity contribution < 1.29 is 19.1 Å². The molecule has 2 aliphatic heterocycles. The summed E-state index contributed by atoms with van der Waals surface area (Å²) in [5.74, 6) is 5.39. The Balaban J connectivity index is 1.31. The summed E-state index contributed by atoms with van der Waals surface area (Å²) in [6, 6.07) is 16.0. The van der Waals surface area contributed by atoms with E-state index in [1.165, 1.54) is 23.1 Å². The number of nitrogens with zero attached hydrogens (tertiary/aromatic N) is 3. The lowest BCUT2D eigenvalue weighted by Crippen LogP contribution is -2.73. The van der Waals surface area contributed by atoms with Gasteiger partial charge in [0.15, 0.2) is 0 Å². The van der Waals surface area contributed by atoms with Gasteiger partial charge in [-0.15, -0.1) is 0 Å². The third kappa shape index (κ3) is 4.59. The zero-order valence-electron chi connectivity index (χ0n) is 18.8. The second-order valence-corrected chi connectivity index (χ2v) is 8.58. The van der Waals surface area contributed by atoms with Gasteiger partial charge in [-0.2, -0.15) is 0 Å². The molecule has 3 aromatic rings. The van der Waals surface area contributed by atoms with Crippen molar-refractivity contribution in [2.75, 3.05) is 25.0 Å². The highest BCUT2D eigenvalue weighted by molar-refractivity contribution is 5.93. The summed E-state index contributed by atoms with van der Waals surface area (Å²) in [7, 11) is 0. The van der Waals surface area contributed by atoms with Crippen molar-refractivity contribution in [3.05, 3.63) is 95.6 Å². The summed E-state index contributed by atoms with van der Waals surface area (Å²) in [6.07, 6.45) is 3.40. The van der Waals surface area contributed by atoms with Crippen LogP contribution in [-0.4, -0.2) is 63.6 Å². The molecule has 0 unspecified atom stereocenters. The summed E-state index contributed by atoms with van der Waals surface area (Å²) in [6.45, 7) is 0.0608. The number of hydrogen-bond acceptors (Lipinski definition) is 4. The standard InChI is InChI=1S/C27H23FN4O3/c28-21-4-1-5-22(13-21)30-27(35)31-15-23-26(24(17-33)32(23)25(34)16-31)20-10-8-18(9-11-20)6-7-19-3-2-12-29-14-19/h1-5,8-14,23-24,26,33H,15-17H2,(H,30,35)/t23-,24+,26-/m1/s1. The Morgan fingerprint density at radius 2 is 1.91 bits per heavy atom. The molecule has 2 N–H and O–H groups in total. The Hall–Kier alpha value is -4.22. The predicted molar refractivity (Wildman–Crippen MR) is 128 cm³/mol. The van der Waals surface area contributed by atoms with Gasteiger partial charge in [-0.25, -0.2) is 9.18 Å². The molecule has 0 saturated carbocycles. The van der Waals surface area contributed by atoms with Gasteiger partial charge in [0.05, 0.1) is 18.7 Å². The van der Waals surface area contributed by atoms with Crippen LogP contribution in [0.2, 0.25) is 0 Å². The Morgan fingerprint density at radius 3 is 2.63 bits per heavy atom. The molecule has 0 spiro atoms. The minimum Gasteiger partial charge on any atom is -0.394 e. The van der Waals surface area contributed by atoms with Gasteiger partial charge in [0.1, 0.15) is 12.4 Å². The van der Waals surface area contributed by atoms with Gasteiger partial charge >= 0.3 is 6.03 Å².